The molecule has 0 saturated carbocycles. The molecule has 29 heavy (non-hydrogen) atoms. The first-order chi connectivity index (χ1) is 14.1. The van der Waals surface area contributed by atoms with Crippen molar-refractivity contribution >= 4 is 11.5 Å². The first-order valence-electron chi connectivity index (χ1n) is 9.81. The molecule has 4 aromatic heterocycles. The predicted molar refractivity (Wildman–Crippen MR) is 114 cm³/mol. The Bertz CT molecular complexity index is 1140. The SMILES string of the molecule is CC1(C)CN(c2ccc3nc(-c4cccnc4)c(-c4cccnc4)n3n2)CCN1. The first kappa shape index (κ1) is 17.8. The molecule has 0 radical (unpaired) electrons. The highest BCUT2D eigenvalue weighted by atomic mass is 15.4. The van der Waals surface area contributed by atoms with Gasteiger partial charge in [0.2, 0.25) is 0 Å². The molecule has 7 heteroatoms. The summed E-state index contributed by atoms with van der Waals surface area (Å²) in [6, 6.07) is 12.0. The number of hydrogen-bond acceptors (Lipinski definition) is 6. The van der Waals surface area contributed by atoms with Gasteiger partial charge in [0, 0.05) is 61.1 Å². The molecular formula is C22H23N7. The minimum absolute atomic E-state index is 0.0525. The van der Waals surface area contributed by atoms with Gasteiger partial charge in [-0.05, 0) is 50.2 Å². The molecule has 1 saturated heterocycles. The molecule has 7 nitrogen and oxygen atoms in total. The molecule has 0 atom stereocenters. The summed E-state index contributed by atoms with van der Waals surface area (Å²) in [6.45, 7) is 7.20. The average molecular weight is 385 g/mol. The van der Waals surface area contributed by atoms with Crippen LogP contribution in [0.1, 0.15) is 13.8 Å². The molecule has 1 aliphatic rings. The summed E-state index contributed by atoms with van der Waals surface area (Å²) in [5.41, 5.74) is 4.58. The van der Waals surface area contributed by atoms with Crippen molar-refractivity contribution in [3.8, 4) is 22.5 Å². The Morgan fingerprint density at radius 2 is 1.72 bits per heavy atom. The highest BCUT2D eigenvalue weighted by molar-refractivity contribution is 5.81. The van der Waals surface area contributed by atoms with Crippen molar-refractivity contribution < 1.29 is 0 Å². The smallest absolute Gasteiger partial charge is 0.155 e. The van der Waals surface area contributed by atoms with E-state index < -0.39 is 0 Å². The van der Waals surface area contributed by atoms with Gasteiger partial charge in [0.15, 0.2) is 5.65 Å². The van der Waals surface area contributed by atoms with Crippen LogP contribution in [0.5, 0.6) is 0 Å². The van der Waals surface area contributed by atoms with E-state index in [4.69, 9.17) is 10.1 Å². The zero-order valence-corrected chi connectivity index (χ0v) is 16.6. The van der Waals surface area contributed by atoms with Gasteiger partial charge in [0.1, 0.15) is 17.2 Å². The van der Waals surface area contributed by atoms with Crippen LogP contribution in [-0.4, -0.2) is 49.7 Å². The van der Waals surface area contributed by atoms with Crippen LogP contribution in [0.4, 0.5) is 5.82 Å². The van der Waals surface area contributed by atoms with Crippen molar-refractivity contribution in [2.24, 2.45) is 0 Å². The Labute approximate surface area is 169 Å². The van der Waals surface area contributed by atoms with Crippen LogP contribution in [0.15, 0.2) is 61.2 Å². The van der Waals surface area contributed by atoms with Gasteiger partial charge in [-0.15, -0.1) is 5.10 Å². The number of nitrogens with zero attached hydrogens (tertiary/aromatic N) is 6. The summed E-state index contributed by atoms with van der Waals surface area (Å²) >= 11 is 0. The summed E-state index contributed by atoms with van der Waals surface area (Å²) in [6.07, 6.45) is 7.23. The minimum atomic E-state index is 0.0525. The van der Waals surface area contributed by atoms with Crippen LogP contribution in [0.3, 0.4) is 0 Å². The molecule has 0 spiro atoms. The van der Waals surface area contributed by atoms with E-state index in [-0.39, 0.29) is 5.54 Å². The maximum Gasteiger partial charge on any atom is 0.155 e. The lowest BCUT2D eigenvalue weighted by atomic mass is 10.0. The van der Waals surface area contributed by atoms with Crippen molar-refractivity contribution in [2.75, 3.05) is 24.5 Å². The third-order valence-electron chi connectivity index (χ3n) is 5.23. The van der Waals surface area contributed by atoms with Gasteiger partial charge in [0.05, 0.1) is 0 Å². The van der Waals surface area contributed by atoms with Crippen molar-refractivity contribution in [3.05, 3.63) is 61.2 Å². The van der Waals surface area contributed by atoms with Gasteiger partial charge in [-0.3, -0.25) is 9.97 Å². The first-order valence-corrected chi connectivity index (χ1v) is 9.81. The van der Waals surface area contributed by atoms with E-state index >= 15 is 0 Å². The summed E-state index contributed by atoms with van der Waals surface area (Å²) in [5, 5.41) is 8.55. The molecular weight excluding hydrogens is 362 g/mol. The summed E-state index contributed by atoms with van der Waals surface area (Å²) in [7, 11) is 0. The number of rotatable bonds is 3. The molecule has 5 rings (SSSR count). The molecule has 0 aromatic carbocycles. The second kappa shape index (κ2) is 6.93. The van der Waals surface area contributed by atoms with Gasteiger partial charge in [-0.2, -0.15) is 0 Å². The largest absolute Gasteiger partial charge is 0.352 e. The zero-order valence-electron chi connectivity index (χ0n) is 16.6. The van der Waals surface area contributed by atoms with Gasteiger partial charge in [-0.25, -0.2) is 9.50 Å². The second-order valence-corrected chi connectivity index (χ2v) is 7.99. The van der Waals surface area contributed by atoms with Crippen LogP contribution in [0.2, 0.25) is 0 Å². The molecule has 4 aromatic rings. The molecule has 1 fully saturated rings. The summed E-state index contributed by atoms with van der Waals surface area (Å²) in [4.78, 5) is 15.8. The van der Waals surface area contributed by atoms with Crippen molar-refractivity contribution in [3.63, 3.8) is 0 Å². The van der Waals surface area contributed by atoms with E-state index in [9.17, 15) is 0 Å². The Hall–Kier alpha value is -3.32. The molecule has 5 heterocycles. The standard InChI is InChI=1S/C22H23N7/c1-22(2)15-28(12-11-25-22)19-8-7-18-26-20(16-5-3-9-23-13-16)21(29(18)27-19)17-6-4-10-24-14-17/h3-10,13-14,25H,11-12,15H2,1-2H3. The topological polar surface area (TPSA) is 71.2 Å². The predicted octanol–water partition coefficient (Wildman–Crippen LogP) is 3.04. The fourth-order valence-corrected chi connectivity index (χ4v) is 3.90. The maximum absolute atomic E-state index is 4.99. The number of pyridine rings is 2. The number of hydrogen-bond donors (Lipinski definition) is 1. The molecule has 0 aliphatic carbocycles. The Kier molecular flexibility index (Phi) is 4.24. The van der Waals surface area contributed by atoms with E-state index in [0.717, 1.165) is 53.6 Å². The summed E-state index contributed by atoms with van der Waals surface area (Å²) in [5.74, 6) is 0.951. The van der Waals surface area contributed by atoms with Gasteiger partial charge < -0.3 is 10.2 Å². The third-order valence-corrected chi connectivity index (χ3v) is 5.23. The van der Waals surface area contributed by atoms with E-state index in [1.165, 1.54) is 0 Å². The molecule has 0 unspecified atom stereocenters. The summed E-state index contributed by atoms with van der Waals surface area (Å²) < 4.78 is 1.93. The molecule has 1 N–H and O–H groups in total. The number of imidazole rings is 1. The maximum atomic E-state index is 4.99. The van der Waals surface area contributed by atoms with Crippen LogP contribution < -0.4 is 10.2 Å². The van der Waals surface area contributed by atoms with Crippen LogP contribution in [0.25, 0.3) is 28.2 Å². The van der Waals surface area contributed by atoms with E-state index in [0.29, 0.717) is 0 Å². The van der Waals surface area contributed by atoms with Gasteiger partial charge in [-0.1, -0.05) is 0 Å². The minimum Gasteiger partial charge on any atom is -0.352 e. The fourth-order valence-electron chi connectivity index (χ4n) is 3.90. The second-order valence-electron chi connectivity index (χ2n) is 7.99. The third kappa shape index (κ3) is 3.34. The van der Waals surface area contributed by atoms with Crippen LogP contribution in [-0.2, 0) is 0 Å². The van der Waals surface area contributed by atoms with Crippen LogP contribution >= 0.6 is 0 Å². The molecule has 1 aliphatic heterocycles. The van der Waals surface area contributed by atoms with Crippen LogP contribution in [0, 0.1) is 0 Å². The Balaban J connectivity index is 1.69. The van der Waals surface area contributed by atoms with Crippen molar-refractivity contribution in [1.82, 2.24) is 29.9 Å². The van der Waals surface area contributed by atoms with E-state index in [1.54, 1.807) is 12.4 Å². The highest BCUT2D eigenvalue weighted by Gasteiger charge is 2.27. The normalized spacial score (nSPS) is 16.3. The highest BCUT2D eigenvalue weighted by Crippen LogP contribution is 2.32. The van der Waals surface area contributed by atoms with E-state index in [2.05, 4.69) is 40.1 Å². The number of piperazine rings is 1. The monoisotopic (exact) mass is 385 g/mol. The number of nitrogens with one attached hydrogen (secondary N) is 1. The van der Waals surface area contributed by atoms with E-state index in [1.807, 2.05) is 47.2 Å². The number of aromatic nitrogens is 5. The van der Waals surface area contributed by atoms with Gasteiger partial charge >= 0.3 is 0 Å². The van der Waals surface area contributed by atoms with Crippen molar-refractivity contribution in [1.29, 1.82) is 0 Å². The average Bonchev–Trinajstić information content (AvgIpc) is 3.13. The Morgan fingerprint density at radius 3 is 2.41 bits per heavy atom. The van der Waals surface area contributed by atoms with Crippen molar-refractivity contribution in [2.45, 2.75) is 19.4 Å². The lowest BCUT2D eigenvalue weighted by molar-refractivity contribution is 0.351. The zero-order chi connectivity index (χ0) is 19.8. The van der Waals surface area contributed by atoms with Gasteiger partial charge in [0.25, 0.3) is 0 Å². The number of fused-ring (bicyclic) bond motifs is 1. The quantitative estimate of drug-likeness (QED) is 0.584. The molecule has 0 bridgehead atoms. The lowest BCUT2D eigenvalue weighted by Gasteiger charge is -2.39. The Morgan fingerprint density at radius 1 is 0.966 bits per heavy atom. The lowest BCUT2D eigenvalue weighted by Crippen LogP contribution is -2.57. The number of anilines is 1. The molecule has 146 valence electrons. The molecule has 0 amide bonds. The fraction of sp³-hybridized carbons (Fsp3) is 0.273.